The van der Waals surface area contributed by atoms with Crippen LogP contribution in [0.25, 0.3) is 6.08 Å². The molecule has 0 atom stereocenters. The Morgan fingerprint density at radius 1 is 1.00 bits per heavy atom. The van der Waals surface area contributed by atoms with Gasteiger partial charge in [-0.05, 0) is 65.9 Å². The van der Waals surface area contributed by atoms with E-state index >= 15 is 0 Å². The van der Waals surface area contributed by atoms with Crippen molar-refractivity contribution < 1.29 is 19.1 Å². The zero-order valence-corrected chi connectivity index (χ0v) is 16.3. The topological polar surface area (TPSA) is 70.0 Å². The summed E-state index contributed by atoms with van der Waals surface area (Å²) in [5.41, 5.74) is 1.71. The van der Waals surface area contributed by atoms with Crippen LogP contribution in [0.5, 0.6) is 0 Å². The molecule has 5 nitrogen and oxygen atoms in total. The molecule has 1 fully saturated rings. The Labute approximate surface area is 176 Å². The smallest absolute Gasteiger partial charge is 0.335 e. The van der Waals surface area contributed by atoms with E-state index in [-0.39, 0.29) is 17.3 Å². The van der Waals surface area contributed by atoms with E-state index in [0.29, 0.717) is 27.0 Å². The van der Waals surface area contributed by atoms with E-state index in [1.54, 1.807) is 42.5 Å². The van der Waals surface area contributed by atoms with E-state index in [2.05, 4.69) is 4.99 Å². The molecular formula is C23H15FN2O3S. The van der Waals surface area contributed by atoms with Gasteiger partial charge in [0.1, 0.15) is 5.82 Å². The third-order valence-electron chi connectivity index (χ3n) is 4.29. The minimum atomic E-state index is -1.06. The average molecular weight is 418 g/mol. The number of carbonyl (C=O) groups excluding carboxylic acids is 1. The first-order valence-electron chi connectivity index (χ1n) is 8.98. The van der Waals surface area contributed by atoms with Crippen molar-refractivity contribution in [1.82, 2.24) is 0 Å². The molecule has 4 rings (SSSR count). The predicted molar refractivity (Wildman–Crippen MR) is 116 cm³/mol. The largest absolute Gasteiger partial charge is 0.478 e. The summed E-state index contributed by atoms with van der Waals surface area (Å²) in [7, 11) is 0. The number of amides is 1. The summed E-state index contributed by atoms with van der Waals surface area (Å²) in [4.78, 5) is 30.8. The van der Waals surface area contributed by atoms with Crippen LogP contribution in [0.3, 0.4) is 0 Å². The molecule has 148 valence electrons. The molecule has 7 heteroatoms. The van der Waals surface area contributed by atoms with E-state index < -0.39 is 5.97 Å². The van der Waals surface area contributed by atoms with Gasteiger partial charge in [-0.15, -0.1) is 0 Å². The molecule has 1 amide bonds. The lowest BCUT2D eigenvalue weighted by Gasteiger charge is -2.15. The molecule has 3 aromatic carbocycles. The summed E-state index contributed by atoms with van der Waals surface area (Å²) >= 11 is 1.15. The van der Waals surface area contributed by atoms with E-state index in [4.69, 9.17) is 0 Å². The Morgan fingerprint density at radius 3 is 2.50 bits per heavy atom. The second kappa shape index (κ2) is 8.34. The fourth-order valence-corrected chi connectivity index (χ4v) is 3.92. The predicted octanol–water partition coefficient (Wildman–Crippen LogP) is 5.33. The second-order valence-electron chi connectivity index (χ2n) is 6.39. The normalized spacial score (nSPS) is 16.4. The van der Waals surface area contributed by atoms with Gasteiger partial charge in [0.25, 0.3) is 5.91 Å². The lowest BCUT2D eigenvalue weighted by molar-refractivity contribution is -0.113. The van der Waals surface area contributed by atoms with Crippen LogP contribution in [0.1, 0.15) is 15.9 Å². The molecular weight excluding hydrogens is 403 g/mol. The maximum atomic E-state index is 13.5. The average Bonchev–Trinajstić information content (AvgIpc) is 3.03. The number of hydrogen-bond donors (Lipinski definition) is 1. The maximum absolute atomic E-state index is 13.5. The van der Waals surface area contributed by atoms with Crippen LogP contribution in [-0.2, 0) is 4.79 Å². The van der Waals surface area contributed by atoms with Gasteiger partial charge in [-0.1, -0.05) is 36.4 Å². The maximum Gasteiger partial charge on any atom is 0.335 e. The van der Waals surface area contributed by atoms with E-state index in [1.165, 1.54) is 29.2 Å². The number of aliphatic imine (C=N–C) groups is 1. The first-order valence-corrected chi connectivity index (χ1v) is 9.79. The molecule has 1 heterocycles. The zero-order valence-electron chi connectivity index (χ0n) is 15.5. The Kier molecular flexibility index (Phi) is 5.45. The highest BCUT2D eigenvalue weighted by Gasteiger charge is 2.34. The zero-order chi connectivity index (χ0) is 21.1. The summed E-state index contributed by atoms with van der Waals surface area (Å²) in [6.45, 7) is 0. The van der Waals surface area contributed by atoms with Crippen LogP contribution in [0, 0.1) is 5.82 Å². The Hall–Kier alpha value is -3.71. The number of carbonyl (C=O) groups is 2. The van der Waals surface area contributed by atoms with Crippen molar-refractivity contribution >= 4 is 46.3 Å². The van der Waals surface area contributed by atoms with Crippen LogP contribution in [-0.4, -0.2) is 22.2 Å². The number of nitrogens with zero attached hydrogens (tertiary/aromatic N) is 2. The molecule has 1 aliphatic heterocycles. The van der Waals surface area contributed by atoms with Crippen LogP contribution in [0.4, 0.5) is 15.8 Å². The molecule has 1 aliphatic rings. The number of rotatable bonds is 4. The lowest BCUT2D eigenvalue weighted by atomic mass is 10.2. The van der Waals surface area contributed by atoms with Gasteiger partial charge in [0.2, 0.25) is 0 Å². The van der Waals surface area contributed by atoms with Crippen LogP contribution in [0.15, 0.2) is 88.8 Å². The molecule has 1 saturated heterocycles. The molecule has 0 spiro atoms. The first-order chi connectivity index (χ1) is 14.5. The summed E-state index contributed by atoms with van der Waals surface area (Å²) < 4.78 is 13.5. The summed E-state index contributed by atoms with van der Waals surface area (Å²) in [6, 6.07) is 21.2. The number of aromatic carboxylic acids is 1. The standard InChI is InChI=1S/C23H15FN2O3S/c24-17-8-4-6-15(12-17)13-20-21(27)26(19-10-2-1-3-11-19)23(30-20)25-18-9-5-7-16(14-18)22(28)29/h1-14H,(H,28,29)/b20-13-,25-23?. The van der Waals surface area contributed by atoms with Gasteiger partial charge in [0, 0.05) is 0 Å². The number of hydrogen-bond acceptors (Lipinski definition) is 4. The van der Waals surface area contributed by atoms with Crippen molar-refractivity contribution in [2.75, 3.05) is 4.90 Å². The number of anilines is 1. The van der Waals surface area contributed by atoms with Crippen molar-refractivity contribution in [2.24, 2.45) is 4.99 Å². The number of carboxylic acid groups (broad SMARTS) is 1. The second-order valence-corrected chi connectivity index (χ2v) is 7.40. The van der Waals surface area contributed by atoms with Gasteiger partial charge < -0.3 is 5.11 Å². The third kappa shape index (κ3) is 4.16. The van der Waals surface area contributed by atoms with Gasteiger partial charge in [0.05, 0.1) is 21.8 Å². The molecule has 0 radical (unpaired) electrons. The van der Waals surface area contributed by atoms with Crippen LogP contribution >= 0.6 is 11.8 Å². The van der Waals surface area contributed by atoms with Gasteiger partial charge in [0.15, 0.2) is 5.17 Å². The first kappa shape index (κ1) is 19.6. The van der Waals surface area contributed by atoms with Crippen molar-refractivity contribution in [3.63, 3.8) is 0 Å². The van der Waals surface area contributed by atoms with Gasteiger partial charge >= 0.3 is 5.97 Å². The number of carboxylic acids is 1. The quantitative estimate of drug-likeness (QED) is 0.581. The summed E-state index contributed by atoms with van der Waals surface area (Å²) in [5.74, 6) is -1.73. The number of amidine groups is 1. The molecule has 30 heavy (non-hydrogen) atoms. The van der Waals surface area contributed by atoms with Gasteiger partial charge in [-0.2, -0.15) is 0 Å². The fraction of sp³-hybridized carbons (Fsp3) is 0. The highest BCUT2D eigenvalue weighted by atomic mass is 32.2. The molecule has 0 unspecified atom stereocenters. The Bertz CT molecular complexity index is 1190. The number of thioether (sulfide) groups is 1. The molecule has 0 aromatic heterocycles. The molecule has 0 bridgehead atoms. The number of halogens is 1. The molecule has 1 N–H and O–H groups in total. The number of para-hydroxylation sites is 1. The highest BCUT2D eigenvalue weighted by molar-refractivity contribution is 8.19. The van der Waals surface area contributed by atoms with E-state index in [9.17, 15) is 19.1 Å². The van der Waals surface area contributed by atoms with Crippen LogP contribution < -0.4 is 4.90 Å². The minimum Gasteiger partial charge on any atom is -0.478 e. The molecule has 3 aromatic rings. The molecule has 0 saturated carbocycles. The minimum absolute atomic E-state index is 0.105. The lowest BCUT2D eigenvalue weighted by Crippen LogP contribution is -2.28. The Balaban J connectivity index is 1.78. The van der Waals surface area contributed by atoms with Crippen molar-refractivity contribution in [3.05, 3.63) is 101 Å². The fourth-order valence-electron chi connectivity index (χ4n) is 2.92. The van der Waals surface area contributed by atoms with Crippen molar-refractivity contribution in [2.45, 2.75) is 0 Å². The van der Waals surface area contributed by atoms with Crippen molar-refractivity contribution in [1.29, 1.82) is 0 Å². The highest BCUT2D eigenvalue weighted by Crippen LogP contribution is 2.37. The summed E-state index contributed by atoms with van der Waals surface area (Å²) in [5, 5.41) is 9.60. The van der Waals surface area contributed by atoms with E-state index in [0.717, 1.165) is 11.8 Å². The third-order valence-corrected chi connectivity index (χ3v) is 5.25. The summed E-state index contributed by atoms with van der Waals surface area (Å²) in [6.07, 6.45) is 1.61. The van der Waals surface area contributed by atoms with Crippen molar-refractivity contribution in [3.8, 4) is 0 Å². The van der Waals surface area contributed by atoms with Gasteiger partial charge in [-0.3, -0.25) is 9.69 Å². The monoisotopic (exact) mass is 418 g/mol. The number of benzene rings is 3. The van der Waals surface area contributed by atoms with Crippen LogP contribution in [0.2, 0.25) is 0 Å². The van der Waals surface area contributed by atoms with Gasteiger partial charge in [-0.25, -0.2) is 14.2 Å². The molecule has 0 aliphatic carbocycles. The van der Waals surface area contributed by atoms with E-state index in [1.807, 2.05) is 18.2 Å². The SMILES string of the molecule is O=C(O)c1cccc(N=C2S/C(=C\c3cccc(F)c3)C(=O)N2c2ccccc2)c1. The Morgan fingerprint density at radius 2 is 1.77 bits per heavy atom.